The molecular weight excluding hydrogens is 176 g/mol. The average Bonchev–Trinajstić information content (AvgIpc) is 2.16. The van der Waals surface area contributed by atoms with Crippen molar-refractivity contribution >= 4 is 0 Å². The van der Waals surface area contributed by atoms with E-state index in [1.54, 1.807) is 11.1 Å². The number of hydrogen-bond acceptors (Lipinski definition) is 3. The number of allylic oxidation sites excluding steroid dienone is 3. The highest BCUT2D eigenvalue weighted by Crippen LogP contribution is 2.17. The van der Waals surface area contributed by atoms with Crippen LogP contribution in [0.1, 0.15) is 20.3 Å². The molecule has 0 saturated heterocycles. The van der Waals surface area contributed by atoms with E-state index in [0.717, 1.165) is 12.0 Å². The van der Waals surface area contributed by atoms with Crippen LogP contribution in [0, 0.1) is 0 Å². The van der Waals surface area contributed by atoms with Crippen molar-refractivity contribution < 1.29 is 4.84 Å². The molecule has 0 aromatic heterocycles. The molecule has 2 N–H and O–H groups in total. The lowest BCUT2D eigenvalue weighted by Crippen LogP contribution is -2.17. The Morgan fingerprint density at radius 1 is 1.50 bits per heavy atom. The van der Waals surface area contributed by atoms with Gasteiger partial charge in [-0.05, 0) is 18.9 Å². The molecule has 0 aliphatic carbocycles. The smallest absolute Gasteiger partial charge is 0.173 e. The minimum atomic E-state index is 0.635. The van der Waals surface area contributed by atoms with Gasteiger partial charge in [0, 0.05) is 14.1 Å². The zero-order chi connectivity index (χ0) is 11.1. The van der Waals surface area contributed by atoms with E-state index in [4.69, 9.17) is 10.6 Å². The first kappa shape index (κ1) is 12.8. The highest BCUT2D eigenvalue weighted by Gasteiger charge is 2.08. The van der Waals surface area contributed by atoms with Crippen molar-refractivity contribution in [3.05, 3.63) is 35.8 Å². The van der Waals surface area contributed by atoms with Gasteiger partial charge in [0.25, 0.3) is 0 Å². The third kappa shape index (κ3) is 3.66. The van der Waals surface area contributed by atoms with Gasteiger partial charge in [-0.2, -0.15) is 5.06 Å². The van der Waals surface area contributed by atoms with Crippen molar-refractivity contribution in [1.82, 2.24) is 5.06 Å². The van der Waals surface area contributed by atoms with Gasteiger partial charge >= 0.3 is 0 Å². The molecule has 80 valence electrons. The maximum Gasteiger partial charge on any atom is 0.173 e. The number of hydroxylamine groups is 2. The lowest BCUT2D eigenvalue weighted by atomic mass is 10.1. The molecule has 0 aromatic rings. The van der Waals surface area contributed by atoms with Gasteiger partial charge in [-0.3, -0.25) is 0 Å². The maximum absolute atomic E-state index is 5.82. The molecular formula is C11H20N2O. The largest absolute Gasteiger partial charge is 0.404 e. The molecule has 0 fully saturated rings. The average molecular weight is 196 g/mol. The standard InChI is InChI=1S/C11H20N2O/c1-6-9(7-2)11(10(12)8-3)14-13(4)5/h6,8H,1,7,12H2,2-5H3/b10-8+,11-9-. The van der Waals surface area contributed by atoms with Gasteiger partial charge in [-0.1, -0.05) is 25.7 Å². The first-order chi connectivity index (χ1) is 6.56. The number of rotatable bonds is 5. The first-order valence-corrected chi connectivity index (χ1v) is 4.69. The van der Waals surface area contributed by atoms with Crippen LogP contribution in [0.5, 0.6) is 0 Å². The fourth-order valence-electron chi connectivity index (χ4n) is 1.01. The van der Waals surface area contributed by atoms with Crippen LogP contribution in [0.15, 0.2) is 35.8 Å². The summed E-state index contributed by atoms with van der Waals surface area (Å²) in [4.78, 5) is 5.50. The molecule has 3 nitrogen and oxygen atoms in total. The third-order valence-electron chi connectivity index (χ3n) is 1.77. The Morgan fingerprint density at radius 3 is 2.36 bits per heavy atom. The molecule has 14 heavy (non-hydrogen) atoms. The summed E-state index contributed by atoms with van der Waals surface area (Å²) in [5.41, 5.74) is 7.46. The number of nitrogens with zero attached hydrogens (tertiary/aromatic N) is 1. The van der Waals surface area contributed by atoms with Crippen LogP contribution >= 0.6 is 0 Å². The molecule has 0 radical (unpaired) electrons. The van der Waals surface area contributed by atoms with E-state index >= 15 is 0 Å². The van der Waals surface area contributed by atoms with Crippen molar-refractivity contribution in [3.63, 3.8) is 0 Å². The van der Waals surface area contributed by atoms with Crippen molar-refractivity contribution in [2.24, 2.45) is 5.73 Å². The molecule has 0 aromatic carbocycles. The molecule has 0 aliphatic rings. The highest BCUT2D eigenvalue weighted by molar-refractivity contribution is 5.33. The summed E-state index contributed by atoms with van der Waals surface area (Å²) in [6, 6.07) is 0. The van der Waals surface area contributed by atoms with Crippen LogP contribution in [0.25, 0.3) is 0 Å². The summed E-state index contributed by atoms with van der Waals surface area (Å²) in [5, 5.41) is 1.62. The Balaban J connectivity index is 5.06. The highest BCUT2D eigenvalue weighted by atomic mass is 16.7. The predicted octanol–water partition coefficient (Wildman–Crippen LogP) is 2.19. The maximum atomic E-state index is 5.82. The summed E-state index contributed by atoms with van der Waals surface area (Å²) in [5.74, 6) is 0.690. The second kappa shape index (κ2) is 6.27. The summed E-state index contributed by atoms with van der Waals surface area (Å²) in [6.45, 7) is 7.66. The van der Waals surface area contributed by atoms with Crippen LogP contribution in [0.3, 0.4) is 0 Å². The molecule has 0 spiro atoms. The van der Waals surface area contributed by atoms with Crippen molar-refractivity contribution in [2.45, 2.75) is 20.3 Å². The second-order valence-electron chi connectivity index (χ2n) is 3.06. The lowest BCUT2D eigenvalue weighted by molar-refractivity contribution is -0.0708. The second-order valence-corrected chi connectivity index (χ2v) is 3.06. The number of hydrogen-bond donors (Lipinski definition) is 1. The zero-order valence-corrected chi connectivity index (χ0v) is 9.50. The van der Waals surface area contributed by atoms with Gasteiger partial charge in [0.15, 0.2) is 5.76 Å². The number of nitrogens with two attached hydrogens (primary N) is 1. The fraction of sp³-hybridized carbons (Fsp3) is 0.455. The summed E-state index contributed by atoms with van der Waals surface area (Å²) in [7, 11) is 3.64. The third-order valence-corrected chi connectivity index (χ3v) is 1.77. The first-order valence-electron chi connectivity index (χ1n) is 4.69. The van der Waals surface area contributed by atoms with E-state index in [2.05, 4.69) is 6.58 Å². The SMILES string of the molecule is C=C/C(CC)=C(ON(C)C)\C(N)=C/C. The summed E-state index contributed by atoms with van der Waals surface area (Å²) < 4.78 is 0. The van der Waals surface area contributed by atoms with Crippen molar-refractivity contribution in [3.8, 4) is 0 Å². The van der Waals surface area contributed by atoms with E-state index in [9.17, 15) is 0 Å². The molecule has 3 heteroatoms. The molecule has 0 bridgehead atoms. The van der Waals surface area contributed by atoms with Gasteiger partial charge in [0.1, 0.15) is 0 Å². The van der Waals surface area contributed by atoms with E-state index in [1.165, 1.54) is 0 Å². The van der Waals surface area contributed by atoms with E-state index < -0.39 is 0 Å². The summed E-state index contributed by atoms with van der Waals surface area (Å²) >= 11 is 0. The van der Waals surface area contributed by atoms with Crippen LogP contribution in [0.2, 0.25) is 0 Å². The van der Waals surface area contributed by atoms with Gasteiger partial charge in [0.05, 0.1) is 5.70 Å². The van der Waals surface area contributed by atoms with E-state index in [0.29, 0.717) is 11.5 Å². The van der Waals surface area contributed by atoms with E-state index in [1.807, 2.05) is 34.0 Å². The Hall–Kier alpha value is -1.22. The monoisotopic (exact) mass is 196 g/mol. The quantitative estimate of drug-likeness (QED) is 0.416. The predicted molar refractivity (Wildman–Crippen MR) is 60.2 cm³/mol. The van der Waals surface area contributed by atoms with Crippen molar-refractivity contribution in [1.29, 1.82) is 0 Å². The van der Waals surface area contributed by atoms with E-state index in [-0.39, 0.29) is 0 Å². The molecule has 0 rings (SSSR count). The molecule has 0 heterocycles. The fourth-order valence-corrected chi connectivity index (χ4v) is 1.01. The Kier molecular flexibility index (Phi) is 5.72. The molecule has 0 atom stereocenters. The normalized spacial score (nSPS) is 13.9. The molecule has 0 unspecified atom stereocenters. The van der Waals surface area contributed by atoms with Gasteiger partial charge in [0.2, 0.25) is 0 Å². The minimum Gasteiger partial charge on any atom is -0.404 e. The van der Waals surface area contributed by atoms with Crippen LogP contribution in [0.4, 0.5) is 0 Å². The Labute approximate surface area is 86.5 Å². The molecule has 0 aliphatic heterocycles. The summed E-state index contributed by atoms with van der Waals surface area (Å²) in [6.07, 6.45) is 4.44. The zero-order valence-electron chi connectivity index (χ0n) is 9.50. The topological polar surface area (TPSA) is 38.5 Å². The van der Waals surface area contributed by atoms with Crippen LogP contribution in [-0.4, -0.2) is 19.2 Å². The van der Waals surface area contributed by atoms with Gasteiger partial charge in [-0.15, -0.1) is 0 Å². The Bertz CT molecular complexity index is 252. The van der Waals surface area contributed by atoms with Gasteiger partial charge in [-0.25, -0.2) is 0 Å². The molecule has 0 amide bonds. The lowest BCUT2D eigenvalue weighted by Gasteiger charge is -2.17. The Morgan fingerprint density at radius 2 is 2.07 bits per heavy atom. The van der Waals surface area contributed by atoms with Crippen molar-refractivity contribution in [2.75, 3.05) is 14.1 Å². The van der Waals surface area contributed by atoms with Gasteiger partial charge < -0.3 is 10.6 Å². The van der Waals surface area contributed by atoms with Crippen LogP contribution < -0.4 is 5.73 Å². The minimum absolute atomic E-state index is 0.635. The molecule has 0 saturated carbocycles. The van der Waals surface area contributed by atoms with Crippen LogP contribution in [-0.2, 0) is 4.84 Å².